The Morgan fingerprint density at radius 1 is 1.06 bits per heavy atom. The number of ether oxygens (including phenoxy) is 1. The first-order valence-electron chi connectivity index (χ1n) is 9.34. The lowest BCUT2D eigenvalue weighted by Crippen LogP contribution is -2.43. The highest BCUT2D eigenvalue weighted by atomic mass is 19.3. The van der Waals surface area contributed by atoms with E-state index in [1.165, 1.54) is 49.6 Å². The fourth-order valence-corrected chi connectivity index (χ4v) is 3.24. The molecule has 0 amide bonds. The number of aliphatic hydroxyl groups is 2. The van der Waals surface area contributed by atoms with E-state index in [1.807, 2.05) is 0 Å². The number of hydrogen-bond donors (Lipinski definition) is 2. The summed E-state index contributed by atoms with van der Waals surface area (Å²) in [6, 6.07) is 8.55. The van der Waals surface area contributed by atoms with Crippen molar-refractivity contribution in [2.75, 3.05) is 6.61 Å². The van der Waals surface area contributed by atoms with Crippen molar-refractivity contribution in [1.82, 2.24) is 9.13 Å². The SMILES string of the molecule is C[C@@H](n1ccn(-c2ccc(OC(F)(F)C(F)F)cc2)c1=O)[C@@](O)(CO)c1ccccc1F. The Bertz CT molecular complexity index is 1130. The minimum Gasteiger partial charge on any atom is -0.428 e. The molecule has 0 spiro atoms. The third-order valence-electron chi connectivity index (χ3n) is 5.12. The molecule has 32 heavy (non-hydrogen) atoms. The van der Waals surface area contributed by atoms with Gasteiger partial charge in [-0.3, -0.25) is 9.13 Å². The smallest absolute Gasteiger partial charge is 0.428 e. The molecule has 0 saturated carbocycles. The predicted molar refractivity (Wildman–Crippen MR) is 104 cm³/mol. The number of aliphatic hydroxyl groups excluding tert-OH is 1. The molecule has 2 atom stereocenters. The highest BCUT2D eigenvalue weighted by Crippen LogP contribution is 2.34. The van der Waals surface area contributed by atoms with E-state index in [0.29, 0.717) is 0 Å². The van der Waals surface area contributed by atoms with E-state index < -0.39 is 48.0 Å². The molecule has 1 aromatic heterocycles. The van der Waals surface area contributed by atoms with Crippen molar-refractivity contribution in [3.63, 3.8) is 0 Å². The third-order valence-corrected chi connectivity index (χ3v) is 5.12. The second kappa shape index (κ2) is 8.75. The van der Waals surface area contributed by atoms with Crippen LogP contribution in [0.1, 0.15) is 18.5 Å². The standard InChI is InChI=1S/C21H19F5N2O4/c1-13(20(31,12-29)16-4-2-3-5-17(16)22)27-10-11-28(19(27)30)14-6-8-15(9-7-14)32-21(25,26)18(23)24/h2-11,13,18,29,31H,12H2,1H3/t13-,20+/m1/s1. The molecule has 0 aliphatic carbocycles. The Hall–Kier alpha value is -3.18. The summed E-state index contributed by atoms with van der Waals surface area (Å²) in [6.45, 7) is 0.537. The lowest BCUT2D eigenvalue weighted by atomic mass is 9.87. The maximum absolute atomic E-state index is 14.2. The molecule has 0 saturated heterocycles. The number of nitrogens with zero attached hydrogens (tertiary/aromatic N) is 2. The zero-order valence-corrected chi connectivity index (χ0v) is 16.6. The minimum absolute atomic E-state index is 0.187. The van der Waals surface area contributed by atoms with Crippen molar-refractivity contribution in [1.29, 1.82) is 0 Å². The second-order valence-corrected chi connectivity index (χ2v) is 7.05. The van der Waals surface area contributed by atoms with Crippen molar-refractivity contribution < 1.29 is 36.9 Å². The number of aromatic nitrogens is 2. The van der Waals surface area contributed by atoms with Crippen LogP contribution in [-0.4, -0.2) is 38.5 Å². The van der Waals surface area contributed by atoms with Crippen LogP contribution in [0.3, 0.4) is 0 Å². The lowest BCUT2D eigenvalue weighted by Gasteiger charge is -2.33. The van der Waals surface area contributed by atoms with Gasteiger partial charge in [-0.05, 0) is 37.3 Å². The van der Waals surface area contributed by atoms with Crippen LogP contribution >= 0.6 is 0 Å². The van der Waals surface area contributed by atoms with Crippen molar-refractivity contribution in [2.24, 2.45) is 0 Å². The van der Waals surface area contributed by atoms with Gasteiger partial charge in [0.1, 0.15) is 17.2 Å². The summed E-state index contributed by atoms with van der Waals surface area (Å²) in [4.78, 5) is 12.9. The normalized spacial score (nSPS) is 14.9. The van der Waals surface area contributed by atoms with Gasteiger partial charge in [0.05, 0.1) is 18.3 Å². The molecule has 0 bridgehead atoms. The lowest BCUT2D eigenvalue weighted by molar-refractivity contribution is -0.253. The average molecular weight is 458 g/mol. The first-order valence-corrected chi connectivity index (χ1v) is 9.34. The highest BCUT2D eigenvalue weighted by Gasteiger charge is 2.44. The van der Waals surface area contributed by atoms with Crippen molar-refractivity contribution in [3.8, 4) is 11.4 Å². The van der Waals surface area contributed by atoms with Gasteiger partial charge in [0.25, 0.3) is 0 Å². The molecule has 0 radical (unpaired) electrons. The van der Waals surface area contributed by atoms with Gasteiger partial charge in [-0.15, -0.1) is 0 Å². The molecular formula is C21H19F5N2O4. The van der Waals surface area contributed by atoms with Gasteiger partial charge in [-0.2, -0.15) is 17.6 Å². The quantitative estimate of drug-likeness (QED) is 0.507. The molecule has 3 rings (SSSR count). The third kappa shape index (κ3) is 4.26. The van der Waals surface area contributed by atoms with Crippen molar-refractivity contribution in [3.05, 3.63) is 82.8 Å². The van der Waals surface area contributed by atoms with Crippen LogP contribution in [0.25, 0.3) is 5.69 Å². The van der Waals surface area contributed by atoms with Crippen LogP contribution in [-0.2, 0) is 5.60 Å². The maximum Gasteiger partial charge on any atom is 0.461 e. The minimum atomic E-state index is -4.67. The summed E-state index contributed by atoms with van der Waals surface area (Å²) >= 11 is 0. The number of benzene rings is 2. The molecule has 172 valence electrons. The molecule has 0 unspecified atom stereocenters. The zero-order valence-electron chi connectivity index (χ0n) is 16.6. The summed E-state index contributed by atoms with van der Waals surface area (Å²) in [7, 11) is 0. The van der Waals surface area contributed by atoms with Crippen LogP contribution < -0.4 is 10.4 Å². The molecule has 2 N–H and O–H groups in total. The van der Waals surface area contributed by atoms with Crippen LogP contribution in [0.4, 0.5) is 22.0 Å². The second-order valence-electron chi connectivity index (χ2n) is 7.05. The van der Waals surface area contributed by atoms with Gasteiger partial charge in [0.2, 0.25) is 0 Å². The Kier molecular flexibility index (Phi) is 6.42. The monoisotopic (exact) mass is 458 g/mol. The molecule has 0 aliphatic rings. The zero-order chi connectivity index (χ0) is 23.7. The highest BCUT2D eigenvalue weighted by molar-refractivity contribution is 5.37. The van der Waals surface area contributed by atoms with Gasteiger partial charge in [-0.1, -0.05) is 18.2 Å². The molecule has 6 nitrogen and oxygen atoms in total. The van der Waals surface area contributed by atoms with E-state index in [-0.39, 0.29) is 11.3 Å². The molecule has 0 fully saturated rings. The predicted octanol–water partition coefficient (Wildman–Crippen LogP) is 3.46. The number of imidazole rings is 1. The number of halogens is 5. The Balaban J connectivity index is 1.91. The Morgan fingerprint density at radius 3 is 2.25 bits per heavy atom. The van der Waals surface area contributed by atoms with E-state index >= 15 is 0 Å². The molecule has 2 aromatic carbocycles. The van der Waals surface area contributed by atoms with E-state index in [4.69, 9.17) is 0 Å². The molecule has 1 heterocycles. The number of hydrogen-bond acceptors (Lipinski definition) is 4. The van der Waals surface area contributed by atoms with Gasteiger partial charge < -0.3 is 14.9 Å². The van der Waals surface area contributed by atoms with Crippen LogP contribution in [0.2, 0.25) is 0 Å². The summed E-state index contributed by atoms with van der Waals surface area (Å²) in [6.07, 6.45) is -6.08. The van der Waals surface area contributed by atoms with Gasteiger partial charge >= 0.3 is 18.2 Å². The largest absolute Gasteiger partial charge is 0.461 e. The van der Waals surface area contributed by atoms with E-state index in [1.54, 1.807) is 0 Å². The van der Waals surface area contributed by atoms with Gasteiger partial charge in [-0.25, -0.2) is 9.18 Å². The molecular weight excluding hydrogens is 439 g/mol. The topological polar surface area (TPSA) is 76.6 Å². The maximum atomic E-state index is 14.2. The van der Waals surface area contributed by atoms with Crippen LogP contribution in [0.15, 0.2) is 65.7 Å². The Morgan fingerprint density at radius 2 is 1.69 bits per heavy atom. The van der Waals surface area contributed by atoms with Crippen molar-refractivity contribution >= 4 is 0 Å². The fraction of sp³-hybridized carbons (Fsp3) is 0.286. The average Bonchev–Trinajstić information content (AvgIpc) is 3.14. The number of alkyl halides is 4. The molecule has 0 aliphatic heterocycles. The fourth-order valence-electron chi connectivity index (χ4n) is 3.24. The summed E-state index contributed by atoms with van der Waals surface area (Å²) < 4.78 is 71.0. The first-order chi connectivity index (χ1) is 15.0. The van der Waals surface area contributed by atoms with Crippen LogP contribution in [0.5, 0.6) is 5.75 Å². The van der Waals surface area contributed by atoms with Gasteiger partial charge in [0.15, 0.2) is 0 Å². The Labute approximate surface area is 178 Å². The van der Waals surface area contributed by atoms with Crippen molar-refractivity contribution in [2.45, 2.75) is 31.1 Å². The summed E-state index contributed by atoms with van der Waals surface area (Å²) in [5, 5.41) is 20.8. The summed E-state index contributed by atoms with van der Waals surface area (Å²) in [5.74, 6) is -1.30. The van der Waals surface area contributed by atoms with E-state index in [2.05, 4.69) is 4.74 Å². The summed E-state index contributed by atoms with van der Waals surface area (Å²) in [5.41, 5.74) is -2.82. The van der Waals surface area contributed by atoms with E-state index in [0.717, 1.165) is 27.3 Å². The van der Waals surface area contributed by atoms with E-state index in [9.17, 15) is 37.0 Å². The number of rotatable bonds is 8. The molecule has 3 aromatic rings. The van der Waals surface area contributed by atoms with Crippen LogP contribution in [0, 0.1) is 5.82 Å². The first kappa shape index (κ1) is 23.5. The van der Waals surface area contributed by atoms with Gasteiger partial charge in [0, 0.05) is 18.0 Å². The molecule has 11 heteroatoms.